The van der Waals surface area contributed by atoms with Crippen molar-refractivity contribution in [1.82, 2.24) is 14.0 Å². The molecule has 25 heavy (non-hydrogen) atoms. The average molecular weight is 363 g/mol. The maximum atomic E-state index is 12.1. The van der Waals surface area contributed by atoms with Crippen molar-refractivity contribution < 1.29 is 14.6 Å². The van der Waals surface area contributed by atoms with Crippen molar-refractivity contribution in [3.63, 3.8) is 0 Å². The van der Waals surface area contributed by atoms with Crippen molar-refractivity contribution in [3.05, 3.63) is 28.5 Å². The summed E-state index contributed by atoms with van der Waals surface area (Å²) in [7, 11) is 0. The van der Waals surface area contributed by atoms with Gasteiger partial charge in [0.2, 0.25) is 0 Å². The van der Waals surface area contributed by atoms with Crippen LogP contribution in [0.3, 0.4) is 0 Å². The Hall–Kier alpha value is -1.70. The molecule has 1 aliphatic heterocycles. The summed E-state index contributed by atoms with van der Waals surface area (Å²) >= 11 is 5.68. The fourth-order valence-electron chi connectivity index (χ4n) is 3.36. The number of aliphatic hydroxyl groups excluding tert-OH is 1. The first kappa shape index (κ1) is 18.1. The predicted octanol–water partition coefficient (Wildman–Crippen LogP) is 2.78. The second-order valence-electron chi connectivity index (χ2n) is 6.37. The number of rotatable bonds is 5. The Labute approximate surface area is 152 Å². The monoisotopic (exact) mass is 363 g/mol. The molecule has 1 saturated heterocycles. The van der Waals surface area contributed by atoms with E-state index in [1.807, 2.05) is 12.1 Å². The molecule has 0 bridgehead atoms. The Balaban J connectivity index is 2.00. The molecule has 0 atom stereocenters. The lowest BCUT2D eigenvalue weighted by atomic mass is 10.1. The van der Waals surface area contributed by atoms with Crippen molar-refractivity contribution in [2.24, 2.45) is 0 Å². The van der Waals surface area contributed by atoms with Gasteiger partial charge in [0.1, 0.15) is 0 Å². The van der Waals surface area contributed by atoms with Gasteiger partial charge in [0, 0.05) is 19.6 Å². The van der Waals surface area contributed by atoms with E-state index < -0.39 is 0 Å². The first-order valence-corrected chi connectivity index (χ1v) is 9.26. The largest absolute Gasteiger partial charge is 0.462 e. The van der Waals surface area contributed by atoms with Gasteiger partial charge in [0.05, 0.1) is 36.0 Å². The van der Waals surface area contributed by atoms with E-state index in [1.165, 1.54) is 0 Å². The Morgan fingerprint density at radius 1 is 1.24 bits per heavy atom. The predicted molar refractivity (Wildman–Crippen MR) is 99.2 cm³/mol. The molecule has 136 valence electrons. The van der Waals surface area contributed by atoms with E-state index >= 15 is 0 Å². The molecule has 1 fully saturated rings. The van der Waals surface area contributed by atoms with E-state index in [9.17, 15) is 9.90 Å². The number of esters is 1. The Morgan fingerprint density at radius 2 is 1.96 bits per heavy atom. The standard InChI is InChI=1S/C18H25N3O3S/c1-3-20-15-6-5-13(17(23)24-4-2)11-16(15)21(18(20)25)12-19-9-7-14(22)8-10-19/h5-6,11,14,22H,3-4,7-10,12H2,1-2H3. The number of piperidine rings is 1. The van der Waals surface area contributed by atoms with E-state index in [-0.39, 0.29) is 12.1 Å². The molecule has 6 nitrogen and oxygen atoms in total. The van der Waals surface area contributed by atoms with Gasteiger partial charge in [0.15, 0.2) is 4.77 Å². The number of carbonyl (C=O) groups is 1. The zero-order valence-electron chi connectivity index (χ0n) is 14.8. The van der Waals surface area contributed by atoms with Crippen LogP contribution in [-0.4, -0.2) is 50.9 Å². The van der Waals surface area contributed by atoms with E-state index in [0.717, 1.165) is 48.3 Å². The topological polar surface area (TPSA) is 59.6 Å². The number of likely N-dealkylation sites (tertiary alicyclic amines) is 1. The van der Waals surface area contributed by atoms with Crippen LogP contribution in [0.2, 0.25) is 0 Å². The van der Waals surface area contributed by atoms with Crippen molar-refractivity contribution in [1.29, 1.82) is 0 Å². The maximum absolute atomic E-state index is 12.1. The number of carbonyl (C=O) groups excluding carboxylic acids is 1. The average Bonchev–Trinajstić information content (AvgIpc) is 2.88. The number of ether oxygens (including phenoxy) is 1. The highest BCUT2D eigenvalue weighted by Gasteiger charge is 2.20. The minimum atomic E-state index is -0.313. The van der Waals surface area contributed by atoms with Crippen molar-refractivity contribution in [2.45, 2.75) is 46.0 Å². The fraction of sp³-hybridized carbons (Fsp3) is 0.556. The molecule has 0 amide bonds. The van der Waals surface area contributed by atoms with Crippen LogP contribution in [0.15, 0.2) is 18.2 Å². The van der Waals surface area contributed by atoms with Crippen LogP contribution in [-0.2, 0) is 18.0 Å². The van der Waals surface area contributed by atoms with Crippen LogP contribution >= 0.6 is 12.2 Å². The summed E-state index contributed by atoms with van der Waals surface area (Å²) in [6.45, 7) is 7.36. The molecule has 0 spiro atoms. The van der Waals surface area contributed by atoms with Gasteiger partial charge in [-0.1, -0.05) is 0 Å². The normalized spacial score (nSPS) is 16.4. The fourth-order valence-corrected chi connectivity index (χ4v) is 3.75. The van der Waals surface area contributed by atoms with E-state index in [2.05, 4.69) is 21.0 Å². The highest BCUT2D eigenvalue weighted by atomic mass is 32.1. The molecule has 0 saturated carbocycles. The molecule has 1 aliphatic rings. The van der Waals surface area contributed by atoms with Gasteiger partial charge in [-0.25, -0.2) is 4.79 Å². The lowest BCUT2D eigenvalue weighted by molar-refractivity contribution is 0.0526. The summed E-state index contributed by atoms with van der Waals surface area (Å²) in [4.78, 5) is 14.4. The summed E-state index contributed by atoms with van der Waals surface area (Å²) in [6.07, 6.45) is 1.37. The van der Waals surface area contributed by atoms with Crippen LogP contribution in [0.4, 0.5) is 0 Å². The summed E-state index contributed by atoms with van der Waals surface area (Å²) in [6, 6.07) is 5.61. The van der Waals surface area contributed by atoms with Crippen LogP contribution in [0, 0.1) is 4.77 Å². The number of fused-ring (bicyclic) bond motifs is 1. The van der Waals surface area contributed by atoms with Crippen molar-refractivity contribution >= 4 is 29.2 Å². The zero-order valence-corrected chi connectivity index (χ0v) is 15.6. The lowest BCUT2D eigenvalue weighted by Gasteiger charge is -2.29. The molecular weight excluding hydrogens is 338 g/mol. The van der Waals surface area contributed by atoms with Crippen LogP contribution in [0.1, 0.15) is 37.0 Å². The number of aliphatic hydroxyl groups is 1. The number of hydrogen-bond donors (Lipinski definition) is 1. The lowest BCUT2D eigenvalue weighted by Crippen LogP contribution is -2.37. The molecule has 1 aromatic carbocycles. The summed E-state index contributed by atoms with van der Waals surface area (Å²) < 4.78 is 10.0. The second-order valence-corrected chi connectivity index (χ2v) is 6.73. The van der Waals surface area contributed by atoms with E-state index in [1.54, 1.807) is 13.0 Å². The van der Waals surface area contributed by atoms with Gasteiger partial charge in [0.25, 0.3) is 0 Å². The van der Waals surface area contributed by atoms with Crippen LogP contribution in [0.25, 0.3) is 11.0 Å². The van der Waals surface area contributed by atoms with Gasteiger partial charge < -0.3 is 19.0 Å². The third-order valence-corrected chi connectivity index (χ3v) is 5.19. The number of imidazole rings is 1. The van der Waals surface area contributed by atoms with Gasteiger partial charge in [-0.05, 0) is 57.1 Å². The summed E-state index contributed by atoms with van der Waals surface area (Å²) in [5, 5.41) is 9.70. The Morgan fingerprint density at radius 3 is 2.60 bits per heavy atom. The molecule has 2 aromatic rings. The van der Waals surface area contributed by atoms with Gasteiger partial charge in [-0.2, -0.15) is 0 Å². The number of aromatic nitrogens is 2. The van der Waals surface area contributed by atoms with E-state index in [0.29, 0.717) is 18.8 Å². The molecule has 3 rings (SSSR count). The first-order chi connectivity index (χ1) is 12.0. The number of aryl methyl sites for hydroxylation is 1. The molecule has 0 unspecified atom stereocenters. The quantitative estimate of drug-likeness (QED) is 0.654. The minimum absolute atomic E-state index is 0.198. The van der Waals surface area contributed by atoms with E-state index in [4.69, 9.17) is 17.0 Å². The van der Waals surface area contributed by atoms with Crippen LogP contribution < -0.4 is 0 Å². The number of hydrogen-bond acceptors (Lipinski definition) is 5. The smallest absolute Gasteiger partial charge is 0.338 e. The Kier molecular flexibility index (Phi) is 5.56. The molecule has 0 radical (unpaired) electrons. The summed E-state index contributed by atoms with van der Waals surface area (Å²) in [5.41, 5.74) is 2.52. The Bertz CT molecular complexity index is 819. The third kappa shape index (κ3) is 3.63. The third-order valence-electron chi connectivity index (χ3n) is 4.74. The number of benzene rings is 1. The van der Waals surface area contributed by atoms with Gasteiger partial charge >= 0.3 is 5.97 Å². The van der Waals surface area contributed by atoms with Gasteiger partial charge in [-0.3, -0.25) is 4.90 Å². The molecular formula is C18H25N3O3S. The summed E-state index contributed by atoms with van der Waals surface area (Å²) in [5.74, 6) is -0.313. The molecule has 2 heterocycles. The molecule has 1 N–H and O–H groups in total. The maximum Gasteiger partial charge on any atom is 0.338 e. The second kappa shape index (κ2) is 7.68. The molecule has 0 aliphatic carbocycles. The molecule has 7 heteroatoms. The van der Waals surface area contributed by atoms with Crippen molar-refractivity contribution in [2.75, 3.05) is 19.7 Å². The SMILES string of the molecule is CCOC(=O)c1ccc2c(c1)n(CN1CCC(O)CC1)c(=S)n2CC. The van der Waals surface area contributed by atoms with Crippen molar-refractivity contribution in [3.8, 4) is 0 Å². The van der Waals surface area contributed by atoms with Crippen LogP contribution in [0.5, 0.6) is 0 Å². The highest BCUT2D eigenvalue weighted by Crippen LogP contribution is 2.22. The minimum Gasteiger partial charge on any atom is -0.462 e. The molecule has 1 aromatic heterocycles. The van der Waals surface area contributed by atoms with Gasteiger partial charge in [-0.15, -0.1) is 0 Å². The number of nitrogens with zero attached hydrogens (tertiary/aromatic N) is 3. The highest BCUT2D eigenvalue weighted by molar-refractivity contribution is 7.71. The zero-order chi connectivity index (χ0) is 18.0. The first-order valence-electron chi connectivity index (χ1n) is 8.85.